The number of nitrogens with one attached hydrogen (secondary N) is 2. The minimum atomic E-state index is -4.16. The van der Waals surface area contributed by atoms with Gasteiger partial charge in [0, 0.05) is 28.4 Å². The SMILES string of the molecule is Cc1ccccc1C(=O)Nc1ccc(S(=O)(=O)N(C(=O)CCCN)C2CCNCC2)c2ccccc12. The van der Waals surface area contributed by atoms with Gasteiger partial charge in [0.2, 0.25) is 5.91 Å². The molecule has 2 amide bonds. The number of hydrogen-bond acceptors (Lipinski definition) is 6. The first-order valence-corrected chi connectivity index (χ1v) is 13.7. The Labute approximate surface area is 211 Å². The van der Waals surface area contributed by atoms with Gasteiger partial charge in [0.15, 0.2) is 0 Å². The molecule has 0 atom stereocenters. The predicted molar refractivity (Wildman–Crippen MR) is 141 cm³/mol. The maximum atomic E-state index is 14.0. The third kappa shape index (κ3) is 5.28. The number of amides is 2. The zero-order valence-corrected chi connectivity index (χ0v) is 21.2. The molecule has 1 aliphatic rings. The van der Waals surface area contributed by atoms with Crippen molar-refractivity contribution in [3.63, 3.8) is 0 Å². The van der Waals surface area contributed by atoms with Gasteiger partial charge in [-0.1, -0.05) is 42.5 Å². The summed E-state index contributed by atoms with van der Waals surface area (Å²) in [6.07, 6.45) is 1.59. The largest absolute Gasteiger partial charge is 0.330 e. The van der Waals surface area contributed by atoms with Crippen LogP contribution in [-0.4, -0.2) is 50.2 Å². The molecule has 1 fully saturated rings. The van der Waals surface area contributed by atoms with E-state index in [9.17, 15) is 18.0 Å². The van der Waals surface area contributed by atoms with Crippen LogP contribution < -0.4 is 16.4 Å². The number of benzene rings is 3. The van der Waals surface area contributed by atoms with Crippen LogP contribution in [0.4, 0.5) is 5.69 Å². The van der Waals surface area contributed by atoms with Crippen LogP contribution in [0.25, 0.3) is 10.8 Å². The van der Waals surface area contributed by atoms with Gasteiger partial charge in [0.05, 0.1) is 10.9 Å². The minimum Gasteiger partial charge on any atom is -0.330 e. The molecule has 1 saturated heterocycles. The number of sulfonamides is 1. The molecule has 0 aliphatic carbocycles. The molecule has 0 aromatic heterocycles. The number of fused-ring (bicyclic) bond motifs is 1. The second kappa shape index (κ2) is 11.2. The maximum absolute atomic E-state index is 14.0. The summed E-state index contributed by atoms with van der Waals surface area (Å²) in [6.45, 7) is 3.46. The molecule has 1 heterocycles. The molecule has 36 heavy (non-hydrogen) atoms. The van der Waals surface area contributed by atoms with E-state index in [1.807, 2.05) is 19.1 Å². The molecule has 4 N–H and O–H groups in total. The number of aryl methyl sites for hydroxylation is 1. The summed E-state index contributed by atoms with van der Waals surface area (Å²) in [5.74, 6) is -0.712. The number of hydrogen-bond donors (Lipinski definition) is 3. The Balaban J connectivity index is 1.75. The summed E-state index contributed by atoms with van der Waals surface area (Å²) in [5.41, 5.74) is 7.48. The van der Waals surface area contributed by atoms with Crippen molar-refractivity contribution in [1.29, 1.82) is 0 Å². The molecule has 3 aromatic rings. The van der Waals surface area contributed by atoms with Gasteiger partial charge in [0.1, 0.15) is 0 Å². The molecule has 0 spiro atoms. The van der Waals surface area contributed by atoms with E-state index in [4.69, 9.17) is 5.73 Å². The van der Waals surface area contributed by atoms with Gasteiger partial charge in [-0.25, -0.2) is 12.7 Å². The lowest BCUT2D eigenvalue weighted by molar-refractivity contribution is -0.128. The Bertz CT molecular complexity index is 1370. The number of rotatable bonds is 8. The second-order valence-electron chi connectivity index (χ2n) is 8.99. The number of carbonyl (C=O) groups excluding carboxylic acids is 2. The van der Waals surface area contributed by atoms with Crippen LogP contribution >= 0.6 is 0 Å². The third-order valence-corrected chi connectivity index (χ3v) is 8.47. The standard InChI is InChI=1S/C27H32N4O4S/c1-19-7-2-3-8-21(19)27(33)30-24-12-13-25(23-10-5-4-9-22(23)24)36(34,35)31(26(32)11-6-16-28)20-14-17-29-18-15-20/h2-5,7-10,12-13,20,29H,6,11,14-18,28H2,1H3,(H,30,33). The van der Waals surface area contributed by atoms with Gasteiger partial charge >= 0.3 is 0 Å². The highest BCUT2D eigenvalue weighted by molar-refractivity contribution is 7.90. The van der Waals surface area contributed by atoms with Gasteiger partial charge in [-0.05, 0) is 69.6 Å². The summed E-state index contributed by atoms with van der Waals surface area (Å²) in [6, 6.07) is 16.9. The van der Waals surface area contributed by atoms with Crippen LogP contribution in [-0.2, 0) is 14.8 Å². The molecule has 1 aliphatic heterocycles. The molecule has 190 valence electrons. The number of nitrogens with zero attached hydrogens (tertiary/aromatic N) is 1. The molecule has 0 saturated carbocycles. The third-order valence-electron chi connectivity index (χ3n) is 6.54. The van der Waals surface area contributed by atoms with Crippen LogP contribution in [0.5, 0.6) is 0 Å². The van der Waals surface area contributed by atoms with Crippen LogP contribution in [0, 0.1) is 6.92 Å². The lowest BCUT2D eigenvalue weighted by Gasteiger charge is -2.34. The topological polar surface area (TPSA) is 122 Å². The highest BCUT2D eigenvalue weighted by atomic mass is 32.2. The number of carbonyl (C=O) groups is 2. The Hall–Kier alpha value is -3.27. The molecule has 9 heteroatoms. The molecule has 4 rings (SSSR count). The van der Waals surface area contributed by atoms with E-state index in [1.54, 1.807) is 42.5 Å². The molecular formula is C27H32N4O4S. The highest BCUT2D eigenvalue weighted by Crippen LogP contribution is 2.33. The van der Waals surface area contributed by atoms with Crippen LogP contribution in [0.3, 0.4) is 0 Å². The summed E-state index contributed by atoms with van der Waals surface area (Å²) < 4.78 is 29.1. The Morgan fingerprint density at radius 3 is 2.36 bits per heavy atom. The van der Waals surface area contributed by atoms with Crippen molar-refractivity contribution in [3.05, 3.63) is 71.8 Å². The van der Waals surface area contributed by atoms with Crippen molar-refractivity contribution >= 4 is 38.3 Å². The smallest absolute Gasteiger partial charge is 0.267 e. The first kappa shape index (κ1) is 25.8. The minimum absolute atomic E-state index is 0.0478. The fraction of sp³-hybridized carbons (Fsp3) is 0.333. The highest BCUT2D eigenvalue weighted by Gasteiger charge is 2.37. The average molecular weight is 509 g/mol. The summed E-state index contributed by atoms with van der Waals surface area (Å²) in [7, 11) is -4.16. The second-order valence-corrected chi connectivity index (χ2v) is 10.8. The van der Waals surface area contributed by atoms with Crippen LogP contribution in [0.15, 0.2) is 65.6 Å². The van der Waals surface area contributed by atoms with Gasteiger partial charge in [-0.3, -0.25) is 9.59 Å². The quantitative estimate of drug-likeness (QED) is 0.429. The van der Waals surface area contributed by atoms with E-state index in [-0.39, 0.29) is 17.2 Å². The van der Waals surface area contributed by atoms with Crippen molar-refractivity contribution in [3.8, 4) is 0 Å². The van der Waals surface area contributed by atoms with Crippen molar-refractivity contribution in [2.24, 2.45) is 5.73 Å². The fourth-order valence-electron chi connectivity index (χ4n) is 4.67. The number of nitrogens with two attached hydrogens (primary N) is 1. The van der Waals surface area contributed by atoms with Gasteiger partial charge in [-0.2, -0.15) is 0 Å². The van der Waals surface area contributed by atoms with E-state index in [0.717, 1.165) is 9.87 Å². The van der Waals surface area contributed by atoms with Crippen molar-refractivity contribution in [2.45, 2.75) is 43.5 Å². The van der Waals surface area contributed by atoms with E-state index in [1.165, 1.54) is 6.07 Å². The lowest BCUT2D eigenvalue weighted by atomic mass is 10.1. The molecule has 0 unspecified atom stereocenters. The normalized spacial score (nSPS) is 14.5. The van der Waals surface area contributed by atoms with Crippen molar-refractivity contribution in [1.82, 2.24) is 9.62 Å². The molecule has 3 aromatic carbocycles. The predicted octanol–water partition coefficient (Wildman–Crippen LogP) is 3.41. The fourth-order valence-corrected chi connectivity index (χ4v) is 6.54. The van der Waals surface area contributed by atoms with Gasteiger partial charge in [0.25, 0.3) is 15.9 Å². The van der Waals surface area contributed by atoms with Crippen molar-refractivity contribution in [2.75, 3.05) is 25.0 Å². The first-order valence-electron chi connectivity index (χ1n) is 12.2. The molecule has 0 radical (unpaired) electrons. The van der Waals surface area contributed by atoms with E-state index >= 15 is 0 Å². The Kier molecular flexibility index (Phi) is 8.03. The summed E-state index contributed by atoms with van der Waals surface area (Å²) >= 11 is 0. The lowest BCUT2D eigenvalue weighted by Crippen LogP contribution is -2.49. The zero-order chi connectivity index (χ0) is 25.7. The van der Waals surface area contributed by atoms with E-state index < -0.39 is 22.0 Å². The van der Waals surface area contributed by atoms with Crippen molar-refractivity contribution < 1.29 is 18.0 Å². The Morgan fingerprint density at radius 1 is 1.00 bits per heavy atom. The number of anilines is 1. The zero-order valence-electron chi connectivity index (χ0n) is 20.4. The summed E-state index contributed by atoms with van der Waals surface area (Å²) in [4.78, 5) is 26.2. The maximum Gasteiger partial charge on any atom is 0.267 e. The molecule has 8 nitrogen and oxygen atoms in total. The van der Waals surface area contributed by atoms with E-state index in [0.29, 0.717) is 60.9 Å². The summed E-state index contributed by atoms with van der Waals surface area (Å²) in [5, 5.41) is 7.18. The first-order chi connectivity index (χ1) is 17.3. The van der Waals surface area contributed by atoms with Gasteiger partial charge < -0.3 is 16.4 Å². The van der Waals surface area contributed by atoms with Crippen LogP contribution in [0.2, 0.25) is 0 Å². The molecule has 0 bridgehead atoms. The monoisotopic (exact) mass is 508 g/mol. The molecular weight excluding hydrogens is 476 g/mol. The van der Waals surface area contributed by atoms with Gasteiger partial charge in [-0.15, -0.1) is 0 Å². The Morgan fingerprint density at radius 2 is 1.67 bits per heavy atom. The number of piperidine rings is 1. The average Bonchev–Trinajstić information content (AvgIpc) is 2.88. The van der Waals surface area contributed by atoms with E-state index in [2.05, 4.69) is 10.6 Å². The van der Waals surface area contributed by atoms with Crippen LogP contribution in [0.1, 0.15) is 41.6 Å².